The minimum Gasteiger partial charge on any atom is -0.366 e. The van der Waals surface area contributed by atoms with Crippen LogP contribution in [0.2, 0.25) is 0 Å². The number of hydrogen-bond donors (Lipinski definition) is 2. The van der Waals surface area contributed by atoms with E-state index in [2.05, 4.69) is 10.4 Å². The van der Waals surface area contributed by atoms with Crippen LogP contribution in [0.4, 0.5) is 0 Å². The number of carbonyl (C=O) groups excluding carboxylic acids is 1. The molecule has 0 atom stereocenters. The number of nitrogens with zero attached hydrogens (tertiary/aromatic N) is 2. The SMILES string of the molecule is Cn1cc(CCNCc2ccccc2C(N)=O)cn1. The van der Waals surface area contributed by atoms with Gasteiger partial charge in [0.05, 0.1) is 6.20 Å². The monoisotopic (exact) mass is 258 g/mol. The van der Waals surface area contributed by atoms with Crippen LogP contribution in [0.5, 0.6) is 0 Å². The van der Waals surface area contributed by atoms with Crippen LogP contribution in [0.15, 0.2) is 36.7 Å². The van der Waals surface area contributed by atoms with E-state index in [4.69, 9.17) is 5.73 Å². The normalized spacial score (nSPS) is 10.6. The lowest BCUT2D eigenvalue weighted by atomic mass is 10.1. The third-order valence-corrected chi connectivity index (χ3v) is 2.95. The first-order chi connectivity index (χ1) is 9.16. The summed E-state index contributed by atoms with van der Waals surface area (Å²) in [5, 5.41) is 7.43. The van der Waals surface area contributed by atoms with E-state index < -0.39 is 0 Å². The Kier molecular flexibility index (Phi) is 4.30. The van der Waals surface area contributed by atoms with Gasteiger partial charge in [0.1, 0.15) is 0 Å². The van der Waals surface area contributed by atoms with Gasteiger partial charge >= 0.3 is 0 Å². The Hall–Kier alpha value is -2.14. The molecule has 0 unspecified atom stereocenters. The molecule has 1 aromatic carbocycles. The van der Waals surface area contributed by atoms with Gasteiger partial charge in [0, 0.05) is 25.4 Å². The molecule has 100 valence electrons. The smallest absolute Gasteiger partial charge is 0.249 e. The number of hydrogen-bond acceptors (Lipinski definition) is 3. The molecule has 2 aromatic rings. The summed E-state index contributed by atoms with van der Waals surface area (Å²) in [7, 11) is 1.90. The standard InChI is InChI=1S/C14H18N4O/c1-18-10-11(8-17-18)6-7-16-9-12-4-2-3-5-13(12)14(15)19/h2-5,8,10,16H,6-7,9H2,1H3,(H2,15,19). The van der Waals surface area contributed by atoms with E-state index in [-0.39, 0.29) is 5.91 Å². The molecule has 0 aliphatic carbocycles. The van der Waals surface area contributed by atoms with E-state index in [0.29, 0.717) is 12.1 Å². The van der Waals surface area contributed by atoms with E-state index in [9.17, 15) is 4.79 Å². The fourth-order valence-corrected chi connectivity index (χ4v) is 1.97. The van der Waals surface area contributed by atoms with Gasteiger partial charge in [0.2, 0.25) is 5.91 Å². The van der Waals surface area contributed by atoms with Gasteiger partial charge in [-0.1, -0.05) is 18.2 Å². The molecular formula is C14H18N4O. The predicted octanol–water partition coefficient (Wildman–Crippen LogP) is 0.851. The number of rotatable bonds is 6. The number of amides is 1. The van der Waals surface area contributed by atoms with Crippen molar-refractivity contribution in [1.82, 2.24) is 15.1 Å². The highest BCUT2D eigenvalue weighted by Gasteiger charge is 2.06. The molecule has 0 aliphatic heterocycles. The predicted molar refractivity (Wildman–Crippen MR) is 73.6 cm³/mol. The number of nitrogens with one attached hydrogen (secondary N) is 1. The van der Waals surface area contributed by atoms with Crippen molar-refractivity contribution in [2.75, 3.05) is 6.54 Å². The third-order valence-electron chi connectivity index (χ3n) is 2.95. The molecule has 0 aliphatic rings. The molecule has 3 N–H and O–H groups in total. The van der Waals surface area contributed by atoms with Gasteiger partial charge in [-0.3, -0.25) is 9.48 Å². The minimum atomic E-state index is -0.385. The van der Waals surface area contributed by atoms with Crippen LogP contribution in [0.25, 0.3) is 0 Å². The van der Waals surface area contributed by atoms with Crippen molar-refractivity contribution in [3.63, 3.8) is 0 Å². The molecule has 0 saturated heterocycles. The van der Waals surface area contributed by atoms with Gasteiger partial charge < -0.3 is 11.1 Å². The Bertz CT molecular complexity index is 562. The topological polar surface area (TPSA) is 72.9 Å². The average molecular weight is 258 g/mol. The Labute approximate surface area is 112 Å². The summed E-state index contributed by atoms with van der Waals surface area (Å²) in [6.45, 7) is 1.47. The molecule has 1 heterocycles. The summed E-state index contributed by atoms with van der Waals surface area (Å²) in [6.07, 6.45) is 4.77. The van der Waals surface area contributed by atoms with Crippen LogP contribution in [-0.2, 0) is 20.0 Å². The van der Waals surface area contributed by atoms with Crippen LogP contribution >= 0.6 is 0 Å². The summed E-state index contributed by atoms with van der Waals surface area (Å²) < 4.78 is 1.79. The first kappa shape index (κ1) is 13.3. The van der Waals surface area contributed by atoms with E-state index in [1.165, 1.54) is 5.56 Å². The third kappa shape index (κ3) is 3.66. The van der Waals surface area contributed by atoms with Crippen molar-refractivity contribution in [3.05, 3.63) is 53.3 Å². The van der Waals surface area contributed by atoms with Crippen LogP contribution in [0, 0.1) is 0 Å². The first-order valence-corrected chi connectivity index (χ1v) is 6.23. The molecule has 5 heteroatoms. The average Bonchev–Trinajstić information content (AvgIpc) is 2.81. The van der Waals surface area contributed by atoms with Crippen molar-refractivity contribution >= 4 is 5.91 Å². The zero-order valence-corrected chi connectivity index (χ0v) is 11.0. The van der Waals surface area contributed by atoms with E-state index in [1.807, 2.05) is 37.6 Å². The second-order valence-electron chi connectivity index (χ2n) is 4.47. The fraction of sp³-hybridized carbons (Fsp3) is 0.286. The van der Waals surface area contributed by atoms with Crippen molar-refractivity contribution in [2.45, 2.75) is 13.0 Å². The summed E-state index contributed by atoms with van der Waals surface area (Å²) in [5.41, 5.74) is 8.04. The quantitative estimate of drug-likeness (QED) is 0.754. The number of nitrogens with two attached hydrogens (primary N) is 1. The summed E-state index contributed by atoms with van der Waals surface area (Å²) in [5.74, 6) is -0.385. The zero-order valence-electron chi connectivity index (χ0n) is 11.0. The van der Waals surface area contributed by atoms with E-state index >= 15 is 0 Å². The van der Waals surface area contributed by atoms with Crippen LogP contribution in [0.1, 0.15) is 21.5 Å². The Balaban J connectivity index is 1.84. The minimum absolute atomic E-state index is 0.385. The number of aromatic nitrogens is 2. The number of aryl methyl sites for hydroxylation is 1. The molecule has 0 saturated carbocycles. The fourth-order valence-electron chi connectivity index (χ4n) is 1.97. The van der Waals surface area contributed by atoms with Crippen LogP contribution < -0.4 is 11.1 Å². The maximum atomic E-state index is 11.3. The summed E-state index contributed by atoms with van der Waals surface area (Å²) >= 11 is 0. The maximum Gasteiger partial charge on any atom is 0.249 e. The van der Waals surface area contributed by atoms with Crippen molar-refractivity contribution in [3.8, 4) is 0 Å². The van der Waals surface area contributed by atoms with Crippen LogP contribution in [-0.4, -0.2) is 22.2 Å². The van der Waals surface area contributed by atoms with Gasteiger partial charge in [0.15, 0.2) is 0 Å². The molecule has 0 spiro atoms. The van der Waals surface area contributed by atoms with Crippen molar-refractivity contribution in [1.29, 1.82) is 0 Å². The molecule has 2 rings (SSSR count). The van der Waals surface area contributed by atoms with E-state index in [0.717, 1.165) is 18.5 Å². The molecule has 1 amide bonds. The van der Waals surface area contributed by atoms with Gasteiger partial charge in [-0.2, -0.15) is 5.10 Å². The largest absolute Gasteiger partial charge is 0.366 e. The molecule has 1 aromatic heterocycles. The lowest BCUT2D eigenvalue weighted by molar-refractivity contribution is 0.0999. The van der Waals surface area contributed by atoms with Gasteiger partial charge in [-0.15, -0.1) is 0 Å². The van der Waals surface area contributed by atoms with Crippen molar-refractivity contribution < 1.29 is 4.79 Å². The molecule has 0 bridgehead atoms. The molecule has 19 heavy (non-hydrogen) atoms. The lowest BCUT2D eigenvalue weighted by Gasteiger charge is -2.07. The highest BCUT2D eigenvalue weighted by atomic mass is 16.1. The zero-order chi connectivity index (χ0) is 13.7. The lowest BCUT2D eigenvalue weighted by Crippen LogP contribution is -2.20. The maximum absolute atomic E-state index is 11.3. The van der Waals surface area contributed by atoms with Gasteiger partial charge in [-0.25, -0.2) is 0 Å². The highest BCUT2D eigenvalue weighted by molar-refractivity contribution is 5.94. The summed E-state index contributed by atoms with van der Waals surface area (Å²) in [6, 6.07) is 7.39. The number of primary amides is 1. The molecule has 5 nitrogen and oxygen atoms in total. The number of carbonyl (C=O) groups is 1. The highest BCUT2D eigenvalue weighted by Crippen LogP contribution is 2.07. The molecule has 0 radical (unpaired) electrons. The Morgan fingerprint density at radius 3 is 2.89 bits per heavy atom. The van der Waals surface area contributed by atoms with Gasteiger partial charge in [-0.05, 0) is 30.2 Å². The Morgan fingerprint density at radius 1 is 1.42 bits per heavy atom. The first-order valence-electron chi connectivity index (χ1n) is 6.23. The van der Waals surface area contributed by atoms with Crippen LogP contribution in [0.3, 0.4) is 0 Å². The molecule has 0 fully saturated rings. The summed E-state index contributed by atoms with van der Waals surface area (Å²) in [4.78, 5) is 11.3. The van der Waals surface area contributed by atoms with Gasteiger partial charge in [0.25, 0.3) is 0 Å². The molecular weight excluding hydrogens is 240 g/mol. The number of benzene rings is 1. The Morgan fingerprint density at radius 2 is 2.21 bits per heavy atom. The second-order valence-corrected chi connectivity index (χ2v) is 4.47. The van der Waals surface area contributed by atoms with Crippen molar-refractivity contribution in [2.24, 2.45) is 12.8 Å². The van der Waals surface area contributed by atoms with E-state index in [1.54, 1.807) is 10.7 Å². The second kappa shape index (κ2) is 6.15.